The van der Waals surface area contributed by atoms with E-state index in [1.807, 2.05) is 24.9 Å². The minimum atomic E-state index is -0.247. The van der Waals surface area contributed by atoms with Gasteiger partial charge in [-0.05, 0) is 44.4 Å². The summed E-state index contributed by atoms with van der Waals surface area (Å²) >= 11 is 0. The van der Waals surface area contributed by atoms with Crippen LogP contribution in [-0.4, -0.2) is 36.9 Å². The van der Waals surface area contributed by atoms with E-state index in [1.54, 1.807) is 6.07 Å². The van der Waals surface area contributed by atoms with Gasteiger partial charge in [-0.3, -0.25) is 0 Å². The van der Waals surface area contributed by atoms with E-state index in [4.69, 9.17) is 0 Å². The molecule has 4 heteroatoms. The van der Waals surface area contributed by atoms with Crippen molar-refractivity contribution >= 4 is 5.69 Å². The molecule has 2 N–H and O–H groups in total. The summed E-state index contributed by atoms with van der Waals surface area (Å²) in [4.78, 5) is 2.02. The summed E-state index contributed by atoms with van der Waals surface area (Å²) in [5, 5.41) is 13.0. The van der Waals surface area contributed by atoms with Crippen molar-refractivity contribution in [2.75, 3.05) is 25.1 Å². The van der Waals surface area contributed by atoms with Gasteiger partial charge in [0.15, 0.2) is 0 Å². The van der Waals surface area contributed by atoms with Crippen LogP contribution in [0.5, 0.6) is 0 Å². The fraction of sp³-hybridized carbons (Fsp3) is 0.600. The lowest BCUT2D eigenvalue weighted by Gasteiger charge is -2.31. The number of aliphatic hydroxyl groups is 1. The van der Waals surface area contributed by atoms with E-state index in [0.29, 0.717) is 6.04 Å². The van der Waals surface area contributed by atoms with Crippen molar-refractivity contribution in [3.05, 3.63) is 30.1 Å². The Morgan fingerprint density at radius 2 is 2.21 bits per heavy atom. The van der Waals surface area contributed by atoms with E-state index in [9.17, 15) is 9.50 Å². The molecular formula is C15H23FN2O. The van der Waals surface area contributed by atoms with Gasteiger partial charge in [-0.1, -0.05) is 6.07 Å². The van der Waals surface area contributed by atoms with Gasteiger partial charge in [0, 0.05) is 30.9 Å². The van der Waals surface area contributed by atoms with Crippen LogP contribution in [0.4, 0.5) is 10.1 Å². The second-order valence-corrected chi connectivity index (χ2v) is 5.79. The van der Waals surface area contributed by atoms with E-state index in [-0.39, 0.29) is 18.0 Å². The number of halogens is 1. The molecule has 106 valence electrons. The maximum atomic E-state index is 13.2. The average molecular weight is 266 g/mol. The number of hydrogen-bond acceptors (Lipinski definition) is 3. The van der Waals surface area contributed by atoms with Crippen LogP contribution in [0.2, 0.25) is 0 Å². The van der Waals surface area contributed by atoms with Gasteiger partial charge < -0.3 is 15.3 Å². The Bertz CT molecular complexity index is 422. The number of rotatable bonds is 7. The number of aliphatic hydroxyl groups excluding tert-OH is 1. The van der Waals surface area contributed by atoms with E-state index >= 15 is 0 Å². The van der Waals surface area contributed by atoms with Gasteiger partial charge in [-0.25, -0.2) is 4.39 Å². The summed E-state index contributed by atoms with van der Waals surface area (Å²) in [6.07, 6.45) is 3.23. The molecular weight excluding hydrogens is 243 g/mol. The first-order chi connectivity index (χ1) is 9.02. The fourth-order valence-electron chi connectivity index (χ4n) is 2.17. The van der Waals surface area contributed by atoms with Crippen molar-refractivity contribution in [1.29, 1.82) is 0 Å². The van der Waals surface area contributed by atoms with Gasteiger partial charge in [0.05, 0.1) is 6.61 Å². The highest BCUT2D eigenvalue weighted by atomic mass is 19.1. The Labute approximate surface area is 114 Å². The molecule has 1 aromatic rings. The molecule has 1 aliphatic rings. The fourth-order valence-corrected chi connectivity index (χ4v) is 2.17. The Kier molecular flexibility index (Phi) is 4.42. The molecule has 0 saturated heterocycles. The summed E-state index contributed by atoms with van der Waals surface area (Å²) in [6.45, 7) is 2.95. The normalized spacial score (nSPS) is 18.1. The zero-order chi connectivity index (χ0) is 13.9. The Hall–Kier alpha value is -1.13. The zero-order valence-corrected chi connectivity index (χ0v) is 11.7. The molecule has 1 atom stereocenters. The molecule has 1 aromatic carbocycles. The van der Waals surface area contributed by atoms with Gasteiger partial charge >= 0.3 is 0 Å². The molecule has 0 radical (unpaired) electrons. The maximum Gasteiger partial charge on any atom is 0.125 e. The van der Waals surface area contributed by atoms with Crippen LogP contribution < -0.4 is 10.2 Å². The molecule has 0 aromatic heterocycles. The van der Waals surface area contributed by atoms with E-state index in [1.165, 1.54) is 25.0 Å². The topological polar surface area (TPSA) is 35.5 Å². The number of nitrogens with zero attached hydrogens (tertiary/aromatic N) is 1. The molecule has 1 aliphatic carbocycles. The lowest BCUT2D eigenvalue weighted by atomic mass is 9.98. The predicted molar refractivity (Wildman–Crippen MR) is 75.9 cm³/mol. The van der Waals surface area contributed by atoms with Crippen LogP contribution >= 0.6 is 0 Å². The Balaban J connectivity index is 1.89. The number of anilines is 1. The highest BCUT2D eigenvalue weighted by Crippen LogP contribution is 2.24. The molecule has 0 spiro atoms. The van der Waals surface area contributed by atoms with Gasteiger partial charge in [-0.15, -0.1) is 0 Å². The molecule has 0 heterocycles. The zero-order valence-electron chi connectivity index (χ0n) is 11.7. The summed E-state index contributed by atoms with van der Waals surface area (Å²) in [6, 6.07) is 7.16. The first kappa shape index (κ1) is 14.3. The highest BCUT2D eigenvalue weighted by molar-refractivity contribution is 5.45. The Morgan fingerprint density at radius 3 is 2.79 bits per heavy atom. The summed E-state index contributed by atoms with van der Waals surface area (Å²) < 4.78 is 13.2. The molecule has 1 saturated carbocycles. The minimum absolute atomic E-state index is 0.125. The van der Waals surface area contributed by atoms with Crippen molar-refractivity contribution in [3.8, 4) is 0 Å². The summed E-state index contributed by atoms with van der Waals surface area (Å²) in [5.41, 5.74) is 0.620. The average Bonchev–Trinajstić information content (AvgIpc) is 3.20. The van der Waals surface area contributed by atoms with Gasteiger partial charge in [0.2, 0.25) is 0 Å². The second-order valence-electron chi connectivity index (χ2n) is 5.79. The van der Waals surface area contributed by atoms with E-state index in [2.05, 4.69) is 5.32 Å². The van der Waals surface area contributed by atoms with Crippen molar-refractivity contribution in [2.24, 2.45) is 0 Å². The lowest BCUT2D eigenvalue weighted by molar-refractivity contribution is 0.165. The van der Waals surface area contributed by atoms with Crippen LogP contribution in [0.15, 0.2) is 24.3 Å². The molecule has 3 nitrogen and oxygen atoms in total. The van der Waals surface area contributed by atoms with E-state index < -0.39 is 0 Å². The maximum absolute atomic E-state index is 13.2. The van der Waals surface area contributed by atoms with Gasteiger partial charge in [-0.2, -0.15) is 0 Å². The largest absolute Gasteiger partial charge is 0.394 e. The van der Waals surface area contributed by atoms with Crippen LogP contribution in [0, 0.1) is 5.82 Å². The van der Waals surface area contributed by atoms with Crippen molar-refractivity contribution < 1.29 is 9.50 Å². The number of nitrogens with one attached hydrogen (secondary N) is 1. The predicted octanol–water partition coefficient (Wildman–Crippen LogP) is 2.15. The van der Waals surface area contributed by atoms with Crippen LogP contribution in [-0.2, 0) is 0 Å². The molecule has 1 fully saturated rings. The summed E-state index contributed by atoms with van der Waals surface area (Å²) in [5.74, 6) is -0.217. The van der Waals surface area contributed by atoms with Crippen molar-refractivity contribution in [3.63, 3.8) is 0 Å². The molecule has 2 rings (SSSR count). The van der Waals surface area contributed by atoms with Crippen LogP contribution in [0.1, 0.15) is 26.2 Å². The molecule has 1 unspecified atom stereocenters. The van der Waals surface area contributed by atoms with Gasteiger partial charge in [0.1, 0.15) is 5.82 Å². The van der Waals surface area contributed by atoms with E-state index in [0.717, 1.165) is 18.7 Å². The molecule has 19 heavy (non-hydrogen) atoms. The highest BCUT2D eigenvalue weighted by Gasteiger charge is 2.31. The SMILES string of the molecule is CN(CCC(C)(CO)NC1CC1)c1cccc(F)c1. The first-order valence-electron chi connectivity index (χ1n) is 6.88. The molecule has 0 bridgehead atoms. The van der Waals surface area contributed by atoms with Crippen molar-refractivity contribution in [2.45, 2.75) is 37.8 Å². The van der Waals surface area contributed by atoms with Gasteiger partial charge in [0.25, 0.3) is 0 Å². The third kappa shape index (κ3) is 4.18. The third-order valence-electron chi connectivity index (χ3n) is 3.73. The first-order valence-corrected chi connectivity index (χ1v) is 6.88. The van der Waals surface area contributed by atoms with Crippen LogP contribution in [0.25, 0.3) is 0 Å². The smallest absolute Gasteiger partial charge is 0.125 e. The second kappa shape index (κ2) is 5.88. The Morgan fingerprint density at radius 1 is 1.47 bits per heavy atom. The number of benzene rings is 1. The molecule has 0 amide bonds. The lowest BCUT2D eigenvalue weighted by Crippen LogP contribution is -2.48. The summed E-state index contributed by atoms with van der Waals surface area (Å²) in [7, 11) is 1.95. The number of hydrogen-bond donors (Lipinski definition) is 2. The third-order valence-corrected chi connectivity index (χ3v) is 3.73. The standard InChI is InChI=1S/C15H23FN2O/c1-15(11-19,17-13-6-7-13)8-9-18(2)14-5-3-4-12(16)10-14/h3-5,10,13,17,19H,6-9,11H2,1-2H3. The van der Waals surface area contributed by atoms with Crippen LogP contribution in [0.3, 0.4) is 0 Å². The quantitative estimate of drug-likeness (QED) is 0.794. The van der Waals surface area contributed by atoms with Crippen molar-refractivity contribution in [1.82, 2.24) is 5.32 Å². The molecule has 0 aliphatic heterocycles. The minimum Gasteiger partial charge on any atom is -0.394 e. The monoisotopic (exact) mass is 266 g/mol.